The summed E-state index contributed by atoms with van der Waals surface area (Å²) in [6.45, 7) is 7.36. The van der Waals surface area contributed by atoms with Crippen LogP contribution in [0.25, 0.3) is 0 Å². The van der Waals surface area contributed by atoms with Crippen LogP contribution in [-0.2, 0) is 23.9 Å². The van der Waals surface area contributed by atoms with E-state index < -0.39 is 29.1 Å². The topological polar surface area (TPSA) is 89.9 Å². The molecule has 0 aromatic heterocycles. The quantitative estimate of drug-likeness (QED) is 0.696. The Balaban J connectivity index is 1.81. The lowest BCUT2D eigenvalue weighted by atomic mass is 9.46. The summed E-state index contributed by atoms with van der Waals surface area (Å²) in [5.74, 6) is -1.05. The first-order valence-electron chi connectivity index (χ1n) is 10.9. The Morgan fingerprint density at radius 2 is 1.97 bits per heavy atom. The molecular formula is C24H32O6. The molecule has 0 bridgehead atoms. The van der Waals surface area contributed by atoms with Crippen molar-refractivity contribution in [1.29, 1.82) is 0 Å². The van der Waals surface area contributed by atoms with Gasteiger partial charge in [0.1, 0.15) is 0 Å². The number of hydrogen-bond acceptors (Lipinski definition) is 6. The highest BCUT2D eigenvalue weighted by Gasteiger charge is 2.73. The van der Waals surface area contributed by atoms with Crippen molar-refractivity contribution in [1.82, 2.24) is 0 Å². The summed E-state index contributed by atoms with van der Waals surface area (Å²) in [7, 11) is 1.32. The molecule has 4 rings (SSSR count). The number of rotatable bonds is 2. The molecule has 3 fully saturated rings. The molecule has 30 heavy (non-hydrogen) atoms. The van der Waals surface area contributed by atoms with Crippen molar-refractivity contribution in [3.05, 3.63) is 23.8 Å². The van der Waals surface area contributed by atoms with Crippen LogP contribution in [0.5, 0.6) is 0 Å². The predicted molar refractivity (Wildman–Crippen MR) is 109 cm³/mol. The summed E-state index contributed by atoms with van der Waals surface area (Å²) in [6.07, 6.45) is 7.32. The van der Waals surface area contributed by atoms with Crippen LogP contribution < -0.4 is 0 Å². The molecule has 164 valence electrons. The zero-order chi connectivity index (χ0) is 22.1. The van der Waals surface area contributed by atoms with Gasteiger partial charge in [0.2, 0.25) is 5.60 Å². The normalized spacial score (nSPS) is 46.9. The number of hydrogen-bond donors (Lipinski definition) is 1. The van der Waals surface area contributed by atoms with E-state index in [-0.39, 0.29) is 34.9 Å². The maximum atomic E-state index is 13.1. The van der Waals surface area contributed by atoms with E-state index >= 15 is 0 Å². The second-order valence-corrected chi connectivity index (χ2v) is 10.2. The first-order valence-corrected chi connectivity index (χ1v) is 10.9. The molecule has 0 amide bonds. The van der Waals surface area contributed by atoms with Crippen molar-refractivity contribution in [3.63, 3.8) is 0 Å². The Bertz CT molecular complexity index is 858. The first-order chi connectivity index (χ1) is 14.0. The third-order valence-electron chi connectivity index (χ3n) is 8.83. The van der Waals surface area contributed by atoms with E-state index in [0.29, 0.717) is 6.42 Å². The molecule has 0 heterocycles. The maximum absolute atomic E-state index is 13.1. The second kappa shape index (κ2) is 6.78. The minimum absolute atomic E-state index is 0.00474. The molecular weight excluding hydrogens is 384 g/mol. The molecule has 4 aliphatic carbocycles. The fraction of sp³-hybridized carbons (Fsp3) is 0.708. The van der Waals surface area contributed by atoms with E-state index in [1.807, 2.05) is 19.9 Å². The highest BCUT2D eigenvalue weighted by Crippen LogP contribution is 2.69. The Morgan fingerprint density at radius 1 is 1.27 bits per heavy atom. The number of aliphatic hydroxyl groups excluding tert-OH is 1. The summed E-state index contributed by atoms with van der Waals surface area (Å²) in [6, 6.07) is 0. The molecule has 6 nitrogen and oxygen atoms in total. The van der Waals surface area contributed by atoms with Crippen molar-refractivity contribution in [2.24, 2.45) is 34.5 Å². The SMILES string of the molecule is COC(=O)[C@@]1(OC(C)=O)[C@@H](C)C[C@H]2[C@@H]3CCC4=CC(=O)C=C[C@]4(C)[C@H]3[C@@H](O)C[C@@]21C. The zero-order valence-corrected chi connectivity index (χ0v) is 18.4. The number of carbonyl (C=O) groups excluding carboxylic acids is 3. The average molecular weight is 417 g/mol. The molecule has 0 saturated heterocycles. The molecule has 0 spiro atoms. The van der Waals surface area contributed by atoms with E-state index in [9.17, 15) is 19.5 Å². The Labute approximate surface area is 177 Å². The van der Waals surface area contributed by atoms with Crippen LogP contribution in [0.4, 0.5) is 0 Å². The van der Waals surface area contributed by atoms with Gasteiger partial charge in [0, 0.05) is 29.6 Å². The van der Waals surface area contributed by atoms with Crippen LogP contribution in [0, 0.1) is 34.5 Å². The number of aliphatic hydroxyl groups is 1. The second-order valence-electron chi connectivity index (χ2n) is 10.2. The molecule has 4 aliphatic rings. The number of carbonyl (C=O) groups is 3. The zero-order valence-electron chi connectivity index (χ0n) is 18.4. The third-order valence-corrected chi connectivity index (χ3v) is 8.83. The minimum Gasteiger partial charge on any atom is -0.466 e. The van der Waals surface area contributed by atoms with Crippen molar-refractivity contribution in [2.75, 3.05) is 7.11 Å². The fourth-order valence-electron chi connectivity index (χ4n) is 7.72. The van der Waals surface area contributed by atoms with Gasteiger partial charge < -0.3 is 14.6 Å². The highest BCUT2D eigenvalue weighted by atomic mass is 16.6. The van der Waals surface area contributed by atoms with E-state index in [1.165, 1.54) is 14.0 Å². The summed E-state index contributed by atoms with van der Waals surface area (Å²) < 4.78 is 11.0. The van der Waals surface area contributed by atoms with Gasteiger partial charge in [-0.1, -0.05) is 32.4 Å². The number of allylic oxidation sites excluding steroid dienone is 4. The van der Waals surface area contributed by atoms with Crippen molar-refractivity contribution >= 4 is 17.7 Å². The van der Waals surface area contributed by atoms with Gasteiger partial charge in [-0.15, -0.1) is 0 Å². The van der Waals surface area contributed by atoms with E-state index in [4.69, 9.17) is 9.47 Å². The molecule has 0 unspecified atom stereocenters. The molecule has 8 atom stereocenters. The summed E-state index contributed by atoms with van der Waals surface area (Å²) in [5.41, 5.74) is -1.42. The van der Waals surface area contributed by atoms with Crippen LogP contribution in [0.3, 0.4) is 0 Å². The maximum Gasteiger partial charge on any atom is 0.351 e. The Kier molecular flexibility index (Phi) is 4.81. The first kappa shape index (κ1) is 21.3. The Morgan fingerprint density at radius 3 is 2.60 bits per heavy atom. The standard InChI is InChI=1S/C24H32O6/c1-13-10-18-17-7-6-15-11-16(26)8-9-22(15,3)20(17)19(27)12-23(18,4)24(13,21(28)29-5)30-14(2)25/h8-9,11,13,17-20,27H,6-7,10,12H2,1-5H3/t13-,17-,18-,19-,20+,22-,23-,24-/m0/s1. The van der Waals surface area contributed by atoms with E-state index in [2.05, 4.69) is 6.92 Å². The summed E-state index contributed by atoms with van der Waals surface area (Å²) in [4.78, 5) is 37.1. The van der Waals surface area contributed by atoms with Crippen molar-refractivity contribution in [2.45, 2.75) is 65.1 Å². The summed E-state index contributed by atoms with van der Waals surface area (Å²) >= 11 is 0. The predicted octanol–water partition coefficient (Wildman–Crippen LogP) is 2.99. The molecule has 0 radical (unpaired) electrons. The smallest absolute Gasteiger partial charge is 0.351 e. The molecule has 6 heteroatoms. The van der Waals surface area contributed by atoms with E-state index in [0.717, 1.165) is 24.8 Å². The van der Waals surface area contributed by atoms with E-state index in [1.54, 1.807) is 12.2 Å². The van der Waals surface area contributed by atoms with Gasteiger partial charge in [-0.05, 0) is 49.7 Å². The fourth-order valence-corrected chi connectivity index (χ4v) is 7.72. The largest absolute Gasteiger partial charge is 0.466 e. The van der Waals surface area contributed by atoms with Crippen LogP contribution in [-0.4, -0.2) is 41.6 Å². The van der Waals surface area contributed by atoms with Gasteiger partial charge in [-0.25, -0.2) is 4.79 Å². The van der Waals surface area contributed by atoms with Gasteiger partial charge in [0.25, 0.3) is 0 Å². The van der Waals surface area contributed by atoms with Crippen molar-refractivity contribution in [3.8, 4) is 0 Å². The van der Waals surface area contributed by atoms with Gasteiger partial charge >= 0.3 is 11.9 Å². The summed E-state index contributed by atoms with van der Waals surface area (Å²) in [5, 5.41) is 11.5. The highest BCUT2D eigenvalue weighted by molar-refractivity contribution is 6.01. The molecule has 0 aliphatic heterocycles. The molecule has 3 saturated carbocycles. The van der Waals surface area contributed by atoms with Crippen LogP contribution in [0.2, 0.25) is 0 Å². The van der Waals surface area contributed by atoms with Crippen LogP contribution in [0.15, 0.2) is 23.8 Å². The lowest BCUT2D eigenvalue weighted by molar-refractivity contribution is -0.215. The number of ether oxygens (including phenoxy) is 2. The molecule has 1 N–H and O–H groups in total. The van der Waals surface area contributed by atoms with Crippen LogP contribution >= 0.6 is 0 Å². The number of methoxy groups -OCH3 is 1. The number of ketones is 1. The Hall–Kier alpha value is -1.95. The molecule has 0 aromatic rings. The number of fused-ring (bicyclic) bond motifs is 5. The lowest BCUT2D eigenvalue weighted by Gasteiger charge is -2.59. The molecule has 0 aromatic carbocycles. The number of esters is 2. The van der Waals surface area contributed by atoms with Gasteiger partial charge in [0.15, 0.2) is 5.78 Å². The van der Waals surface area contributed by atoms with Crippen molar-refractivity contribution < 1.29 is 29.0 Å². The monoisotopic (exact) mass is 416 g/mol. The lowest BCUT2D eigenvalue weighted by Crippen LogP contribution is -2.63. The van der Waals surface area contributed by atoms with Gasteiger partial charge in [0.05, 0.1) is 13.2 Å². The van der Waals surface area contributed by atoms with Gasteiger partial charge in [-0.2, -0.15) is 0 Å². The van der Waals surface area contributed by atoms with Gasteiger partial charge in [-0.3, -0.25) is 9.59 Å². The minimum atomic E-state index is -1.40. The average Bonchev–Trinajstić information content (AvgIpc) is 2.88. The van der Waals surface area contributed by atoms with Crippen LogP contribution in [0.1, 0.15) is 53.4 Å². The third kappa shape index (κ3) is 2.55.